The van der Waals surface area contributed by atoms with E-state index in [1.165, 1.54) is 89.0 Å². The fourth-order valence-corrected chi connectivity index (χ4v) is 5.36. The zero-order chi connectivity index (χ0) is 20.5. The number of hydrogen-bond acceptors (Lipinski definition) is 1. The van der Waals surface area contributed by atoms with Crippen LogP contribution in [0.5, 0.6) is 5.75 Å². The monoisotopic (exact) mass is 404 g/mol. The number of rotatable bonds is 10. The van der Waals surface area contributed by atoms with Crippen molar-refractivity contribution in [2.75, 3.05) is 0 Å². The highest BCUT2D eigenvalue weighted by Gasteiger charge is 2.29. The van der Waals surface area contributed by atoms with Gasteiger partial charge in [0, 0.05) is 0 Å². The second-order valence-corrected chi connectivity index (χ2v) is 9.12. The summed E-state index contributed by atoms with van der Waals surface area (Å²) in [7, 11) is 0. The number of unbranched alkanes of at least 4 members (excludes halogenated alkanes) is 4. The predicted molar refractivity (Wildman–Crippen MR) is 117 cm³/mol. The highest BCUT2D eigenvalue weighted by Crippen LogP contribution is 2.43. The molecule has 0 aliphatic heterocycles. The van der Waals surface area contributed by atoms with Crippen molar-refractivity contribution in [2.45, 2.75) is 103 Å². The average Bonchev–Trinajstić information content (AvgIpc) is 2.74. The van der Waals surface area contributed by atoms with Crippen molar-refractivity contribution in [3.05, 3.63) is 41.5 Å². The summed E-state index contributed by atoms with van der Waals surface area (Å²) < 4.78 is 29.1. The minimum absolute atomic E-state index is 0.257. The molecule has 29 heavy (non-hydrogen) atoms. The Morgan fingerprint density at radius 3 is 2.24 bits per heavy atom. The van der Waals surface area contributed by atoms with Gasteiger partial charge in [-0.1, -0.05) is 56.4 Å². The highest BCUT2D eigenvalue weighted by molar-refractivity contribution is 5.29. The van der Waals surface area contributed by atoms with E-state index in [1.54, 1.807) is 17.7 Å². The first-order valence-electron chi connectivity index (χ1n) is 11.9. The van der Waals surface area contributed by atoms with Crippen LogP contribution in [0.1, 0.15) is 102 Å². The van der Waals surface area contributed by atoms with Crippen molar-refractivity contribution in [1.82, 2.24) is 0 Å². The van der Waals surface area contributed by atoms with Gasteiger partial charge < -0.3 is 4.74 Å². The maximum absolute atomic E-state index is 12.3. The fraction of sp³-hybridized carbons (Fsp3) is 0.692. The van der Waals surface area contributed by atoms with Gasteiger partial charge in [0.1, 0.15) is 5.75 Å². The molecule has 0 saturated heterocycles. The molecule has 1 nitrogen and oxygen atoms in total. The van der Waals surface area contributed by atoms with Gasteiger partial charge in [0.25, 0.3) is 0 Å². The van der Waals surface area contributed by atoms with E-state index >= 15 is 0 Å². The van der Waals surface area contributed by atoms with Gasteiger partial charge in [0.15, 0.2) is 0 Å². The average molecular weight is 405 g/mol. The Balaban J connectivity index is 1.38. The molecule has 0 N–H and O–H groups in total. The van der Waals surface area contributed by atoms with Crippen molar-refractivity contribution >= 4 is 0 Å². The molecule has 1 aromatic carbocycles. The van der Waals surface area contributed by atoms with Crippen LogP contribution in [0.3, 0.4) is 0 Å². The Bertz CT molecular complexity index is 614. The normalized spacial score (nSPS) is 25.1. The Kier molecular flexibility index (Phi) is 9.01. The van der Waals surface area contributed by atoms with Crippen molar-refractivity contribution in [3.8, 4) is 5.75 Å². The van der Waals surface area contributed by atoms with E-state index in [1.807, 2.05) is 12.1 Å². The Hall–Kier alpha value is -1.38. The molecule has 0 heterocycles. The van der Waals surface area contributed by atoms with Crippen LogP contribution in [0.25, 0.3) is 0 Å². The van der Waals surface area contributed by atoms with E-state index in [0.29, 0.717) is 5.92 Å². The largest absolute Gasteiger partial charge is 0.435 e. The van der Waals surface area contributed by atoms with E-state index in [-0.39, 0.29) is 5.75 Å². The SMILES string of the molecule is CCCCCCCC1=CCC(C2CCC(c3ccc(OC(F)F)cc3)CC2)CC1. The van der Waals surface area contributed by atoms with E-state index in [0.717, 1.165) is 11.8 Å². The van der Waals surface area contributed by atoms with Gasteiger partial charge in [-0.25, -0.2) is 0 Å². The summed E-state index contributed by atoms with van der Waals surface area (Å²) in [5.41, 5.74) is 3.00. The van der Waals surface area contributed by atoms with Crippen molar-refractivity contribution < 1.29 is 13.5 Å². The first-order valence-corrected chi connectivity index (χ1v) is 11.9. The zero-order valence-electron chi connectivity index (χ0n) is 18.1. The fourth-order valence-electron chi connectivity index (χ4n) is 5.36. The lowest BCUT2D eigenvalue weighted by Crippen LogP contribution is -2.22. The molecule has 162 valence electrons. The van der Waals surface area contributed by atoms with Crippen LogP contribution in [0, 0.1) is 11.8 Å². The Labute approximate surface area is 175 Å². The van der Waals surface area contributed by atoms with Crippen LogP contribution in [0.4, 0.5) is 8.78 Å². The predicted octanol–water partition coefficient (Wildman–Crippen LogP) is 8.65. The van der Waals surface area contributed by atoms with Crippen molar-refractivity contribution in [3.63, 3.8) is 0 Å². The third kappa shape index (κ3) is 7.12. The number of allylic oxidation sites excluding steroid dienone is 2. The van der Waals surface area contributed by atoms with Crippen LogP contribution >= 0.6 is 0 Å². The van der Waals surface area contributed by atoms with E-state index in [4.69, 9.17) is 0 Å². The van der Waals surface area contributed by atoms with Gasteiger partial charge in [-0.05, 0) is 93.2 Å². The molecule has 2 aliphatic carbocycles. The first-order chi connectivity index (χ1) is 14.2. The molecule has 1 aromatic rings. The second kappa shape index (κ2) is 11.7. The van der Waals surface area contributed by atoms with Gasteiger partial charge in [-0.3, -0.25) is 0 Å². The molecule has 1 fully saturated rings. The number of alkyl halides is 2. The quantitative estimate of drug-likeness (QED) is 0.280. The van der Waals surface area contributed by atoms with E-state index < -0.39 is 6.61 Å². The second-order valence-electron chi connectivity index (χ2n) is 9.12. The van der Waals surface area contributed by atoms with Crippen LogP contribution in [0.2, 0.25) is 0 Å². The minimum atomic E-state index is -2.75. The van der Waals surface area contributed by atoms with Gasteiger partial charge >= 0.3 is 6.61 Å². The molecular formula is C26H38F2O. The lowest BCUT2D eigenvalue weighted by Gasteiger charge is -2.35. The molecule has 0 aromatic heterocycles. The van der Waals surface area contributed by atoms with Crippen LogP contribution in [-0.2, 0) is 0 Å². The molecule has 3 heteroatoms. The zero-order valence-corrected chi connectivity index (χ0v) is 18.1. The first kappa shape index (κ1) is 22.3. The standard InChI is InChI=1S/C26H38F2O/c1-2-3-4-5-6-7-20-8-10-21(11-9-20)22-12-14-23(15-13-22)24-16-18-25(19-17-24)29-26(27)28/h8,16-19,21-23,26H,2-7,9-15H2,1H3. The third-order valence-electron chi connectivity index (χ3n) is 7.16. The smallest absolute Gasteiger partial charge is 0.387 e. The third-order valence-corrected chi connectivity index (χ3v) is 7.16. The molecule has 3 rings (SSSR count). The highest BCUT2D eigenvalue weighted by atomic mass is 19.3. The molecule has 1 unspecified atom stereocenters. The van der Waals surface area contributed by atoms with Crippen molar-refractivity contribution in [1.29, 1.82) is 0 Å². The lowest BCUT2D eigenvalue weighted by molar-refractivity contribution is -0.0498. The molecule has 1 atom stereocenters. The molecule has 1 saturated carbocycles. The van der Waals surface area contributed by atoms with Crippen LogP contribution in [-0.4, -0.2) is 6.61 Å². The summed E-state index contributed by atoms with van der Waals surface area (Å²) in [5, 5.41) is 0. The summed E-state index contributed by atoms with van der Waals surface area (Å²) in [6.45, 7) is -0.471. The maximum atomic E-state index is 12.3. The number of benzene rings is 1. The van der Waals surface area contributed by atoms with Gasteiger partial charge in [-0.15, -0.1) is 0 Å². The van der Waals surface area contributed by atoms with Crippen LogP contribution < -0.4 is 4.74 Å². The van der Waals surface area contributed by atoms with Gasteiger partial charge in [-0.2, -0.15) is 8.78 Å². The minimum Gasteiger partial charge on any atom is -0.435 e. The van der Waals surface area contributed by atoms with E-state index in [9.17, 15) is 8.78 Å². The molecule has 0 bridgehead atoms. The summed E-state index contributed by atoms with van der Waals surface area (Å²) in [6.07, 6.45) is 19.9. The van der Waals surface area contributed by atoms with Gasteiger partial charge in [0.2, 0.25) is 0 Å². The van der Waals surface area contributed by atoms with Crippen molar-refractivity contribution in [2.24, 2.45) is 11.8 Å². The molecular weight excluding hydrogens is 366 g/mol. The summed E-state index contributed by atoms with van der Waals surface area (Å²) in [5.74, 6) is 2.58. The summed E-state index contributed by atoms with van der Waals surface area (Å²) in [6, 6.07) is 7.31. The maximum Gasteiger partial charge on any atom is 0.387 e. The summed E-state index contributed by atoms with van der Waals surface area (Å²) in [4.78, 5) is 0. The molecule has 2 aliphatic rings. The Morgan fingerprint density at radius 1 is 0.897 bits per heavy atom. The molecule has 0 amide bonds. The number of ether oxygens (including phenoxy) is 1. The number of halogens is 2. The molecule has 0 radical (unpaired) electrons. The molecule has 0 spiro atoms. The number of hydrogen-bond donors (Lipinski definition) is 0. The topological polar surface area (TPSA) is 9.23 Å². The van der Waals surface area contributed by atoms with Crippen LogP contribution in [0.15, 0.2) is 35.9 Å². The lowest BCUT2D eigenvalue weighted by atomic mass is 9.70. The van der Waals surface area contributed by atoms with Gasteiger partial charge in [0.05, 0.1) is 0 Å². The Morgan fingerprint density at radius 2 is 1.62 bits per heavy atom. The summed E-state index contributed by atoms with van der Waals surface area (Å²) >= 11 is 0. The van der Waals surface area contributed by atoms with E-state index in [2.05, 4.69) is 17.7 Å².